The third kappa shape index (κ3) is 2.16. The summed E-state index contributed by atoms with van der Waals surface area (Å²) in [7, 11) is 3.86. The fraction of sp³-hybridized carbons (Fsp3) is 0.500. The highest BCUT2D eigenvalue weighted by atomic mass is 16.3. The molecule has 0 aliphatic heterocycles. The van der Waals surface area contributed by atoms with E-state index >= 15 is 0 Å². The Morgan fingerprint density at radius 1 is 1.70 bits per heavy atom. The first-order valence-corrected chi connectivity index (χ1v) is 3.07. The zero-order valence-electron chi connectivity index (χ0n) is 6.16. The van der Waals surface area contributed by atoms with Crippen LogP contribution in [0.5, 0.6) is 0 Å². The average Bonchev–Trinajstić information content (AvgIpc) is 2.34. The van der Waals surface area contributed by atoms with E-state index in [0.29, 0.717) is 6.54 Å². The van der Waals surface area contributed by atoms with Crippen molar-refractivity contribution in [2.24, 2.45) is 0 Å². The molecule has 0 aliphatic rings. The van der Waals surface area contributed by atoms with Gasteiger partial charge in [0.1, 0.15) is 6.26 Å². The molecule has 0 fully saturated rings. The minimum atomic E-state index is 0.712. The van der Waals surface area contributed by atoms with Crippen LogP contribution in [-0.2, 0) is 6.54 Å². The van der Waals surface area contributed by atoms with Crippen LogP contribution in [-0.4, -0.2) is 24.1 Å². The summed E-state index contributed by atoms with van der Waals surface area (Å²) in [4.78, 5) is 3.93. The summed E-state index contributed by atoms with van der Waals surface area (Å²) in [5.41, 5.74) is 3.97. The molecule has 4 heteroatoms. The van der Waals surface area contributed by atoms with Crippen molar-refractivity contribution in [3.05, 3.63) is 18.4 Å². The quantitative estimate of drug-likeness (QED) is 0.612. The van der Waals surface area contributed by atoms with Gasteiger partial charge in [-0.2, -0.15) is 0 Å². The van der Waals surface area contributed by atoms with Crippen LogP contribution in [0.25, 0.3) is 0 Å². The van der Waals surface area contributed by atoms with Gasteiger partial charge in [0.05, 0.1) is 12.2 Å². The fourth-order valence-corrected chi connectivity index (χ4v) is 0.564. The second-order valence-electron chi connectivity index (χ2n) is 2.21. The minimum Gasteiger partial charge on any atom is -0.451 e. The number of aromatic nitrogens is 1. The summed E-state index contributed by atoms with van der Waals surface area (Å²) in [6.45, 7) is 0.712. The topological polar surface area (TPSA) is 41.3 Å². The van der Waals surface area contributed by atoms with Crippen LogP contribution in [0, 0.1) is 0 Å². The number of nitrogens with one attached hydrogen (secondary N) is 1. The third-order valence-electron chi connectivity index (χ3n) is 1.06. The van der Waals surface area contributed by atoms with Crippen LogP contribution < -0.4 is 5.43 Å². The van der Waals surface area contributed by atoms with Gasteiger partial charge in [-0.15, -0.1) is 0 Å². The van der Waals surface area contributed by atoms with E-state index < -0.39 is 0 Å². The largest absolute Gasteiger partial charge is 0.451 e. The van der Waals surface area contributed by atoms with Crippen LogP contribution in [0.1, 0.15) is 5.69 Å². The number of hydrogen-bond acceptors (Lipinski definition) is 4. The molecule has 1 heterocycles. The van der Waals surface area contributed by atoms with E-state index in [1.165, 1.54) is 6.39 Å². The maximum absolute atomic E-state index is 4.78. The van der Waals surface area contributed by atoms with Gasteiger partial charge in [-0.1, -0.05) is 0 Å². The second-order valence-corrected chi connectivity index (χ2v) is 2.21. The lowest BCUT2D eigenvalue weighted by molar-refractivity contribution is 0.284. The first-order chi connectivity index (χ1) is 4.79. The van der Waals surface area contributed by atoms with Gasteiger partial charge in [-0.25, -0.2) is 10.4 Å². The van der Waals surface area contributed by atoms with E-state index in [2.05, 4.69) is 10.4 Å². The average molecular weight is 141 g/mol. The maximum Gasteiger partial charge on any atom is 0.180 e. The number of nitrogens with zero attached hydrogens (tertiary/aromatic N) is 2. The molecular weight excluding hydrogens is 130 g/mol. The number of hydrazine groups is 1. The Kier molecular flexibility index (Phi) is 2.42. The van der Waals surface area contributed by atoms with Gasteiger partial charge in [0.25, 0.3) is 0 Å². The maximum atomic E-state index is 4.78. The van der Waals surface area contributed by atoms with Crippen LogP contribution in [0.2, 0.25) is 0 Å². The van der Waals surface area contributed by atoms with E-state index in [1.54, 1.807) is 6.26 Å². The predicted molar refractivity (Wildman–Crippen MR) is 37.0 cm³/mol. The van der Waals surface area contributed by atoms with Crippen molar-refractivity contribution in [3.63, 3.8) is 0 Å². The Bertz CT molecular complexity index is 171. The number of oxazole rings is 1. The minimum absolute atomic E-state index is 0.712. The monoisotopic (exact) mass is 141 g/mol. The summed E-state index contributed by atoms with van der Waals surface area (Å²) in [6, 6.07) is 0. The molecule has 1 aromatic heterocycles. The van der Waals surface area contributed by atoms with Crippen molar-refractivity contribution in [2.75, 3.05) is 14.1 Å². The zero-order chi connectivity index (χ0) is 7.40. The lowest BCUT2D eigenvalue weighted by Gasteiger charge is -2.08. The highest BCUT2D eigenvalue weighted by Crippen LogP contribution is 1.91. The Morgan fingerprint density at radius 3 is 3.00 bits per heavy atom. The molecule has 1 N–H and O–H groups in total. The van der Waals surface area contributed by atoms with Gasteiger partial charge in [-0.05, 0) is 0 Å². The molecule has 1 rings (SSSR count). The van der Waals surface area contributed by atoms with E-state index in [1.807, 2.05) is 19.1 Å². The smallest absolute Gasteiger partial charge is 0.180 e. The summed E-state index contributed by atoms with van der Waals surface area (Å²) < 4.78 is 4.78. The van der Waals surface area contributed by atoms with Gasteiger partial charge in [0.15, 0.2) is 6.39 Å². The summed E-state index contributed by atoms with van der Waals surface area (Å²) in [5, 5.41) is 1.87. The van der Waals surface area contributed by atoms with E-state index in [4.69, 9.17) is 4.42 Å². The molecule has 0 amide bonds. The van der Waals surface area contributed by atoms with Crippen molar-refractivity contribution < 1.29 is 4.42 Å². The number of hydrogen-bond donors (Lipinski definition) is 1. The molecule has 0 saturated carbocycles. The Labute approximate surface area is 59.8 Å². The standard InChI is InChI=1S/C6H11N3O/c1-9(2)8-3-6-4-10-5-7-6/h4-5,8H,3H2,1-2H3. The highest BCUT2D eigenvalue weighted by Gasteiger charge is 1.94. The Balaban J connectivity index is 2.28. The van der Waals surface area contributed by atoms with Crippen molar-refractivity contribution in [1.29, 1.82) is 0 Å². The van der Waals surface area contributed by atoms with Crippen LogP contribution in [0.3, 0.4) is 0 Å². The van der Waals surface area contributed by atoms with Gasteiger partial charge in [0, 0.05) is 14.1 Å². The highest BCUT2D eigenvalue weighted by molar-refractivity contribution is 4.88. The zero-order valence-corrected chi connectivity index (χ0v) is 6.16. The summed E-state index contributed by atoms with van der Waals surface area (Å²) in [6.07, 6.45) is 3.04. The van der Waals surface area contributed by atoms with Crippen molar-refractivity contribution in [2.45, 2.75) is 6.54 Å². The number of rotatable bonds is 3. The normalized spacial score (nSPS) is 10.7. The first-order valence-electron chi connectivity index (χ1n) is 3.07. The van der Waals surface area contributed by atoms with Gasteiger partial charge in [0.2, 0.25) is 0 Å². The van der Waals surface area contributed by atoms with Gasteiger partial charge < -0.3 is 4.42 Å². The SMILES string of the molecule is CN(C)NCc1cocn1. The van der Waals surface area contributed by atoms with E-state index in [9.17, 15) is 0 Å². The molecule has 0 aliphatic carbocycles. The summed E-state index contributed by atoms with van der Waals surface area (Å²) >= 11 is 0. The molecule has 56 valence electrons. The van der Waals surface area contributed by atoms with Gasteiger partial charge in [-0.3, -0.25) is 5.01 Å². The van der Waals surface area contributed by atoms with Crippen LogP contribution in [0.4, 0.5) is 0 Å². The van der Waals surface area contributed by atoms with Crippen molar-refractivity contribution in [3.8, 4) is 0 Å². The Morgan fingerprint density at radius 2 is 2.50 bits per heavy atom. The first kappa shape index (κ1) is 7.24. The summed E-state index contributed by atoms with van der Waals surface area (Å²) in [5.74, 6) is 0. The van der Waals surface area contributed by atoms with Crippen LogP contribution in [0.15, 0.2) is 17.1 Å². The molecule has 0 aromatic carbocycles. The van der Waals surface area contributed by atoms with Crippen molar-refractivity contribution in [1.82, 2.24) is 15.4 Å². The third-order valence-corrected chi connectivity index (χ3v) is 1.06. The van der Waals surface area contributed by atoms with Crippen molar-refractivity contribution >= 4 is 0 Å². The predicted octanol–water partition coefficient (Wildman–Crippen LogP) is 0.241. The molecule has 0 radical (unpaired) electrons. The molecule has 10 heavy (non-hydrogen) atoms. The molecule has 1 aromatic rings. The molecule has 4 nitrogen and oxygen atoms in total. The molecular formula is C6H11N3O. The Hall–Kier alpha value is -0.870. The van der Waals surface area contributed by atoms with E-state index in [-0.39, 0.29) is 0 Å². The van der Waals surface area contributed by atoms with Crippen LogP contribution >= 0.6 is 0 Å². The molecule has 0 unspecified atom stereocenters. The van der Waals surface area contributed by atoms with Gasteiger partial charge >= 0.3 is 0 Å². The molecule has 0 spiro atoms. The van der Waals surface area contributed by atoms with E-state index in [0.717, 1.165) is 5.69 Å². The molecule has 0 atom stereocenters. The lowest BCUT2D eigenvalue weighted by Crippen LogP contribution is -2.29. The fourth-order valence-electron chi connectivity index (χ4n) is 0.564. The molecule has 0 saturated heterocycles. The second kappa shape index (κ2) is 3.34. The lowest BCUT2D eigenvalue weighted by atomic mass is 10.5. The molecule has 0 bridgehead atoms.